The monoisotopic (exact) mass is 193 g/mol. The van der Waals surface area contributed by atoms with Crippen molar-refractivity contribution in [1.82, 2.24) is 5.32 Å². The molecule has 1 aromatic heterocycles. The summed E-state index contributed by atoms with van der Waals surface area (Å²) in [6.45, 7) is 5.75. The summed E-state index contributed by atoms with van der Waals surface area (Å²) in [6, 6.07) is 0. The Morgan fingerprint density at radius 3 is 3.00 bits per heavy atom. The van der Waals surface area contributed by atoms with Crippen molar-refractivity contribution in [2.45, 2.75) is 32.6 Å². The summed E-state index contributed by atoms with van der Waals surface area (Å²) in [4.78, 5) is 0. The van der Waals surface area contributed by atoms with Crippen molar-refractivity contribution in [1.29, 1.82) is 0 Å². The first kappa shape index (κ1) is 9.78. The van der Waals surface area contributed by atoms with Gasteiger partial charge < -0.3 is 9.73 Å². The molecule has 0 fully saturated rings. The van der Waals surface area contributed by atoms with Crippen molar-refractivity contribution < 1.29 is 4.42 Å². The molecule has 0 bridgehead atoms. The quantitative estimate of drug-likeness (QED) is 0.781. The van der Waals surface area contributed by atoms with E-state index < -0.39 is 0 Å². The van der Waals surface area contributed by atoms with Gasteiger partial charge in [-0.25, -0.2) is 0 Å². The van der Waals surface area contributed by atoms with Gasteiger partial charge in [0.15, 0.2) is 0 Å². The molecule has 2 heteroatoms. The lowest BCUT2D eigenvalue weighted by atomic mass is 9.67. The average molecular weight is 193 g/mol. The number of aryl methyl sites for hydroxylation is 1. The molecule has 1 N–H and O–H groups in total. The fraction of sp³-hybridized carbons (Fsp3) is 0.667. The molecule has 0 aromatic carbocycles. The fourth-order valence-corrected chi connectivity index (χ4v) is 2.48. The lowest BCUT2D eigenvalue weighted by Gasteiger charge is -2.38. The second-order valence-corrected chi connectivity index (χ2v) is 4.95. The molecule has 0 spiro atoms. The Hall–Kier alpha value is -0.760. The van der Waals surface area contributed by atoms with Crippen LogP contribution in [0, 0.1) is 5.41 Å². The van der Waals surface area contributed by atoms with E-state index in [9.17, 15) is 0 Å². The first-order valence-corrected chi connectivity index (χ1v) is 5.35. The molecule has 1 heterocycles. The molecule has 1 aliphatic rings. The molecule has 2 nitrogen and oxygen atoms in total. The van der Waals surface area contributed by atoms with E-state index in [1.54, 1.807) is 0 Å². The molecule has 1 aromatic rings. The van der Waals surface area contributed by atoms with Crippen LogP contribution in [0.3, 0.4) is 0 Å². The van der Waals surface area contributed by atoms with Crippen LogP contribution >= 0.6 is 0 Å². The number of nitrogens with one attached hydrogen (secondary N) is 1. The van der Waals surface area contributed by atoms with E-state index in [0.29, 0.717) is 11.3 Å². The predicted molar refractivity (Wildman–Crippen MR) is 57.5 cm³/mol. The van der Waals surface area contributed by atoms with Crippen molar-refractivity contribution in [3.63, 3.8) is 0 Å². The van der Waals surface area contributed by atoms with Gasteiger partial charge >= 0.3 is 0 Å². The molecule has 78 valence electrons. The first-order valence-electron chi connectivity index (χ1n) is 5.35. The van der Waals surface area contributed by atoms with E-state index in [4.69, 9.17) is 4.42 Å². The molecule has 1 aliphatic carbocycles. The van der Waals surface area contributed by atoms with E-state index in [-0.39, 0.29) is 0 Å². The van der Waals surface area contributed by atoms with Gasteiger partial charge in [-0.1, -0.05) is 13.8 Å². The molecule has 1 unspecified atom stereocenters. The number of hydrogen-bond acceptors (Lipinski definition) is 2. The Balaban J connectivity index is 2.33. The Labute approximate surface area is 85.7 Å². The van der Waals surface area contributed by atoms with Crippen LogP contribution in [-0.4, -0.2) is 13.6 Å². The van der Waals surface area contributed by atoms with Crippen LogP contribution in [0.5, 0.6) is 0 Å². The summed E-state index contributed by atoms with van der Waals surface area (Å²) < 4.78 is 5.31. The van der Waals surface area contributed by atoms with Gasteiger partial charge in [-0.3, -0.25) is 0 Å². The van der Waals surface area contributed by atoms with Crippen LogP contribution in [0.2, 0.25) is 0 Å². The molecular weight excluding hydrogens is 174 g/mol. The molecule has 0 saturated carbocycles. The summed E-state index contributed by atoms with van der Waals surface area (Å²) in [7, 11) is 2.02. The van der Waals surface area contributed by atoms with Crippen LogP contribution < -0.4 is 5.32 Å². The second-order valence-electron chi connectivity index (χ2n) is 4.95. The highest BCUT2D eigenvalue weighted by Crippen LogP contribution is 2.44. The third-order valence-corrected chi connectivity index (χ3v) is 3.54. The summed E-state index contributed by atoms with van der Waals surface area (Å²) >= 11 is 0. The third-order valence-electron chi connectivity index (χ3n) is 3.54. The van der Waals surface area contributed by atoms with E-state index >= 15 is 0 Å². The Bertz CT molecular complexity index is 314. The van der Waals surface area contributed by atoms with Gasteiger partial charge in [-0.05, 0) is 36.4 Å². The molecule has 0 radical (unpaired) electrons. The smallest absolute Gasteiger partial charge is 0.0940 e. The number of rotatable bonds is 2. The molecule has 0 aliphatic heterocycles. The average Bonchev–Trinajstić information content (AvgIpc) is 2.58. The van der Waals surface area contributed by atoms with Gasteiger partial charge in [-0.15, -0.1) is 0 Å². The number of hydrogen-bond donors (Lipinski definition) is 1. The predicted octanol–water partition coefficient (Wildman–Crippen LogP) is 2.56. The zero-order valence-electron chi connectivity index (χ0n) is 9.26. The summed E-state index contributed by atoms with van der Waals surface area (Å²) in [5.74, 6) is 0.593. The summed E-state index contributed by atoms with van der Waals surface area (Å²) in [5.41, 5.74) is 3.21. The Morgan fingerprint density at radius 1 is 1.50 bits per heavy atom. The molecular formula is C12H19NO. The van der Waals surface area contributed by atoms with E-state index in [2.05, 4.69) is 19.2 Å². The molecule has 2 rings (SSSR count). The number of furan rings is 1. The summed E-state index contributed by atoms with van der Waals surface area (Å²) in [5, 5.41) is 3.28. The Kier molecular flexibility index (Phi) is 2.40. The molecule has 0 amide bonds. The lowest BCUT2D eigenvalue weighted by molar-refractivity contribution is 0.242. The largest absolute Gasteiger partial charge is 0.472 e. The van der Waals surface area contributed by atoms with Gasteiger partial charge in [0, 0.05) is 12.5 Å². The maximum Gasteiger partial charge on any atom is 0.0940 e. The lowest BCUT2D eigenvalue weighted by Crippen LogP contribution is -2.33. The van der Waals surface area contributed by atoms with Crippen molar-refractivity contribution >= 4 is 0 Å². The molecule has 14 heavy (non-hydrogen) atoms. The van der Waals surface area contributed by atoms with Gasteiger partial charge in [0.2, 0.25) is 0 Å². The third kappa shape index (κ3) is 1.48. The minimum Gasteiger partial charge on any atom is -0.472 e. The highest BCUT2D eigenvalue weighted by atomic mass is 16.3. The van der Waals surface area contributed by atoms with Crippen LogP contribution in [0.15, 0.2) is 16.9 Å². The number of fused-ring (bicyclic) bond motifs is 1. The van der Waals surface area contributed by atoms with E-state index in [1.807, 2.05) is 19.6 Å². The van der Waals surface area contributed by atoms with Crippen LogP contribution in [0.1, 0.15) is 37.3 Å². The Morgan fingerprint density at radius 2 is 2.29 bits per heavy atom. The molecule has 0 saturated heterocycles. The van der Waals surface area contributed by atoms with Crippen molar-refractivity contribution in [3.05, 3.63) is 23.7 Å². The highest BCUT2D eigenvalue weighted by Gasteiger charge is 2.36. The standard InChI is InChI=1S/C12H19NO/c1-12(2)5-4-9-7-14-8-10(9)11(12)6-13-3/h7-8,11,13H,4-6H2,1-3H3. The minimum absolute atomic E-state index is 0.389. The number of likely N-dealkylation sites (N-methyl/N-ethyl adjacent to an activating group) is 1. The zero-order valence-corrected chi connectivity index (χ0v) is 9.26. The maximum absolute atomic E-state index is 5.31. The van der Waals surface area contributed by atoms with Gasteiger partial charge in [0.05, 0.1) is 12.5 Å². The van der Waals surface area contributed by atoms with Crippen LogP contribution in [0.4, 0.5) is 0 Å². The first-order chi connectivity index (χ1) is 6.65. The van der Waals surface area contributed by atoms with Crippen molar-refractivity contribution in [2.75, 3.05) is 13.6 Å². The topological polar surface area (TPSA) is 25.2 Å². The normalized spacial score (nSPS) is 24.6. The van der Waals surface area contributed by atoms with E-state index in [1.165, 1.54) is 24.0 Å². The highest BCUT2D eigenvalue weighted by molar-refractivity contribution is 5.30. The van der Waals surface area contributed by atoms with Crippen LogP contribution in [0.25, 0.3) is 0 Å². The SMILES string of the molecule is CNCC1c2cocc2CCC1(C)C. The van der Waals surface area contributed by atoms with Gasteiger partial charge in [0.25, 0.3) is 0 Å². The fourth-order valence-electron chi connectivity index (χ4n) is 2.48. The zero-order chi connectivity index (χ0) is 10.2. The maximum atomic E-state index is 5.31. The minimum atomic E-state index is 0.389. The summed E-state index contributed by atoms with van der Waals surface area (Å²) in [6.07, 6.45) is 6.26. The second kappa shape index (κ2) is 3.43. The van der Waals surface area contributed by atoms with Gasteiger partial charge in [0.1, 0.15) is 0 Å². The van der Waals surface area contributed by atoms with Crippen LogP contribution in [-0.2, 0) is 6.42 Å². The van der Waals surface area contributed by atoms with E-state index in [0.717, 1.165) is 6.54 Å². The molecule has 1 atom stereocenters. The van der Waals surface area contributed by atoms with Crippen molar-refractivity contribution in [3.8, 4) is 0 Å². The van der Waals surface area contributed by atoms with Gasteiger partial charge in [-0.2, -0.15) is 0 Å². The van der Waals surface area contributed by atoms with Crippen molar-refractivity contribution in [2.24, 2.45) is 5.41 Å².